The van der Waals surface area contributed by atoms with E-state index in [2.05, 4.69) is 21.2 Å². The van der Waals surface area contributed by atoms with Crippen molar-refractivity contribution in [3.63, 3.8) is 0 Å². The second-order valence-corrected chi connectivity index (χ2v) is 4.48. The second-order valence-electron chi connectivity index (χ2n) is 3.16. The van der Waals surface area contributed by atoms with Crippen LogP contribution in [0.3, 0.4) is 0 Å². The van der Waals surface area contributed by atoms with Gasteiger partial charge in [0.25, 0.3) is 5.91 Å². The number of halogens is 2. The van der Waals surface area contributed by atoms with Gasteiger partial charge < -0.3 is 10.4 Å². The third-order valence-corrected chi connectivity index (χ3v) is 2.70. The second kappa shape index (κ2) is 5.32. The standard InChI is InChI=1S/C10H9BrClNO3/c1-5(10(15)16)13-9(14)7-3-2-6(11)4-8(7)12/h2-5H,1H3,(H,13,14)(H,15,16). The summed E-state index contributed by atoms with van der Waals surface area (Å²) in [6.45, 7) is 1.38. The van der Waals surface area contributed by atoms with E-state index in [9.17, 15) is 9.59 Å². The van der Waals surface area contributed by atoms with Crippen LogP contribution in [0.1, 0.15) is 17.3 Å². The minimum atomic E-state index is -1.10. The minimum Gasteiger partial charge on any atom is -0.480 e. The Morgan fingerprint density at radius 2 is 2.12 bits per heavy atom. The van der Waals surface area contributed by atoms with Crippen LogP contribution in [-0.4, -0.2) is 23.0 Å². The van der Waals surface area contributed by atoms with E-state index < -0.39 is 17.9 Å². The molecule has 0 saturated heterocycles. The zero-order valence-corrected chi connectivity index (χ0v) is 10.7. The first-order chi connectivity index (χ1) is 7.41. The summed E-state index contributed by atoms with van der Waals surface area (Å²) in [4.78, 5) is 22.2. The molecule has 0 aliphatic carbocycles. The Morgan fingerprint density at radius 3 is 2.62 bits per heavy atom. The molecule has 0 heterocycles. The highest BCUT2D eigenvalue weighted by molar-refractivity contribution is 9.10. The molecule has 1 aromatic carbocycles. The molecule has 1 atom stereocenters. The number of amides is 1. The summed E-state index contributed by atoms with van der Waals surface area (Å²) in [5, 5.41) is 11.2. The van der Waals surface area contributed by atoms with Crippen LogP contribution in [-0.2, 0) is 4.79 Å². The first-order valence-corrected chi connectivity index (χ1v) is 5.57. The molecular formula is C10H9BrClNO3. The van der Waals surface area contributed by atoms with E-state index in [1.165, 1.54) is 13.0 Å². The van der Waals surface area contributed by atoms with Crippen molar-refractivity contribution < 1.29 is 14.7 Å². The van der Waals surface area contributed by atoms with Gasteiger partial charge in [-0.15, -0.1) is 0 Å². The summed E-state index contributed by atoms with van der Waals surface area (Å²) in [7, 11) is 0. The number of nitrogens with one attached hydrogen (secondary N) is 1. The monoisotopic (exact) mass is 305 g/mol. The van der Waals surface area contributed by atoms with Crippen molar-refractivity contribution in [2.45, 2.75) is 13.0 Å². The molecule has 4 nitrogen and oxygen atoms in total. The van der Waals surface area contributed by atoms with E-state index in [1.807, 2.05) is 0 Å². The molecule has 86 valence electrons. The molecule has 6 heteroatoms. The molecule has 1 rings (SSSR count). The molecule has 0 radical (unpaired) electrons. The van der Waals surface area contributed by atoms with Crippen molar-refractivity contribution in [3.8, 4) is 0 Å². The van der Waals surface area contributed by atoms with Crippen LogP contribution >= 0.6 is 27.5 Å². The number of carbonyl (C=O) groups is 2. The zero-order valence-electron chi connectivity index (χ0n) is 8.33. The third-order valence-electron chi connectivity index (χ3n) is 1.89. The molecule has 0 aliphatic heterocycles. The lowest BCUT2D eigenvalue weighted by Crippen LogP contribution is -2.38. The first-order valence-electron chi connectivity index (χ1n) is 4.40. The van der Waals surface area contributed by atoms with Crippen molar-refractivity contribution in [1.82, 2.24) is 5.32 Å². The molecule has 2 N–H and O–H groups in total. The maximum Gasteiger partial charge on any atom is 0.325 e. The number of hydrogen-bond donors (Lipinski definition) is 2. The van der Waals surface area contributed by atoms with Gasteiger partial charge >= 0.3 is 5.97 Å². The van der Waals surface area contributed by atoms with Crippen LogP contribution in [0.25, 0.3) is 0 Å². The Morgan fingerprint density at radius 1 is 1.50 bits per heavy atom. The summed E-state index contributed by atoms with van der Waals surface area (Å²) in [5.41, 5.74) is 0.248. The lowest BCUT2D eigenvalue weighted by Gasteiger charge is -2.10. The van der Waals surface area contributed by atoms with E-state index in [0.29, 0.717) is 0 Å². The summed E-state index contributed by atoms with van der Waals surface area (Å²) in [6, 6.07) is 3.80. The average Bonchev–Trinajstić information content (AvgIpc) is 2.16. The topological polar surface area (TPSA) is 66.4 Å². The van der Waals surface area contributed by atoms with E-state index in [-0.39, 0.29) is 10.6 Å². The molecule has 0 saturated carbocycles. The van der Waals surface area contributed by atoms with Gasteiger partial charge in [-0.2, -0.15) is 0 Å². The normalized spacial score (nSPS) is 11.9. The highest BCUT2D eigenvalue weighted by Crippen LogP contribution is 2.21. The Balaban J connectivity index is 2.85. The highest BCUT2D eigenvalue weighted by atomic mass is 79.9. The van der Waals surface area contributed by atoms with Gasteiger partial charge in [0, 0.05) is 4.47 Å². The van der Waals surface area contributed by atoms with Crippen LogP contribution < -0.4 is 5.32 Å². The van der Waals surface area contributed by atoms with Gasteiger partial charge in [0.05, 0.1) is 10.6 Å². The maximum absolute atomic E-state index is 11.6. The van der Waals surface area contributed by atoms with Crippen molar-refractivity contribution in [2.75, 3.05) is 0 Å². The van der Waals surface area contributed by atoms with Crippen molar-refractivity contribution in [1.29, 1.82) is 0 Å². The lowest BCUT2D eigenvalue weighted by molar-refractivity contribution is -0.138. The van der Waals surface area contributed by atoms with E-state index in [0.717, 1.165) is 4.47 Å². The molecule has 16 heavy (non-hydrogen) atoms. The molecule has 0 aliphatic rings. The van der Waals surface area contributed by atoms with Crippen LogP contribution in [0, 0.1) is 0 Å². The van der Waals surface area contributed by atoms with Gasteiger partial charge in [-0.1, -0.05) is 27.5 Å². The first kappa shape index (κ1) is 13.0. The summed E-state index contributed by atoms with van der Waals surface area (Å²) in [5.74, 6) is -1.60. The van der Waals surface area contributed by atoms with Gasteiger partial charge in [0.15, 0.2) is 0 Å². The van der Waals surface area contributed by atoms with Gasteiger partial charge in [-0.3, -0.25) is 9.59 Å². The SMILES string of the molecule is CC(NC(=O)c1ccc(Br)cc1Cl)C(=O)O. The van der Waals surface area contributed by atoms with Crippen LogP contribution in [0.4, 0.5) is 0 Å². The van der Waals surface area contributed by atoms with Crippen molar-refractivity contribution >= 4 is 39.4 Å². The third kappa shape index (κ3) is 3.21. The minimum absolute atomic E-state index is 0.248. The molecule has 0 fully saturated rings. The predicted molar refractivity (Wildman–Crippen MR) is 63.7 cm³/mol. The van der Waals surface area contributed by atoms with Gasteiger partial charge in [-0.25, -0.2) is 0 Å². The fraction of sp³-hybridized carbons (Fsp3) is 0.200. The summed E-state index contributed by atoms with van der Waals surface area (Å²) < 4.78 is 0.750. The smallest absolute Gasteiger partial charge is 0.325 e. The van der Waals surface area contributed by atoms with Crippen molar-refractivity contribution in [2.24, 2.45) is 0 Å². The number of rotatable bonds is 3. The van der Waals surface area contributed by atoms with Gasteiger partial charge in [0.1, 0.15) is 6.04 Å². The fourth-order valence-corrected chi connectivity index (χ4v) is 1.77. The van der Waals surface area contributed by atoms with Crippen LogP contribution in [0.5, 0.6) is 0 Å². The van der Waals surface area contributed by atoms with Crippen LogP contribution in [0.15, 0.2) is 22.7 Å². The van der Waals surface area contributed by atoms with Gasteiger partial charge in [-0.05, 0) is 25.1 Å². The Kier molecular flexibility index (Phi) is 4.32. The van der Waals surface area contributed by atoms with Crippen molar-refractivity contribution in [3.05, 3.63) is 33.3 Å². The Labute approximate surface area is 106 Å². The molecule has 0 spiro atoms. The highest BCUT2D eigenvalue weighted by Gasteiger charge is 2.17. The van der Waals surface area contributed by atoms with Crippen LogP contribution in [0.2, 0.25) is 5.02 Å². The predicted octanol–water partition coefficient (Wildman–Crippen LogP) is 2.31. The number of hydrogen-bond acceptors (Lipinski definition) is 2. The molecule has 0 bridgehead atoms. The molecule has 1 aromatic rings. The number of carboxylic acid groups (broad SMARTS) is 1. The number of benzene rings is 1. The summed E-state index contributed by atoms with van der Waals surface area (Å²) >= 11 is 9.06. The number of carbonyl (C=O) groups excluding carboxylic acids is 1. The molecule has 1 amide bonds. The number of carboxylic acids is 1. The van der Waals surface area contributed by atoms with E-state index in [4.69, 9.17) is 16.7 Å². The maximum atomic E-state index is 11.6. The summed E-state index contributed by atoms with van der Waals surface area (Å²) in [6.07, 6.45) is 0. The van der Waals surface area contributed by atoms with E-state index in [1.54, 1.807) is 12.1 Å². The fourth-order valence-electron chi connectivity index (χ4n) is 1.01. The zero-order chi connectivity index (χ0) is 12.3. The largest absolute Gasteiger partial charge is 0.480 e. The molecule has 1 unspecified atom stereocenters. The quantitative estimate of drug-likeness (QED) is 0.900. The lowest BCUT2D eigenvalue weighted by atomic mass is 10.2. The number of aliphatic carboxylic acids is 1. The average molecular weight is 307 g/mol. The van der Waals surface area contributed by atoms with Gasteiger partial charge in [0.2, 0.25) is 0 Å². The molecular weight excluding hydrogens is 297 g/mol. The molecule has 0 aromatic heterocycles. The Bertz CT molecular complexity index is 436. The van der Waals surface area contributed by atoms with E-state index >= 15 is 0 Å². The Hall–Kier alpha value is -1.07.